The zero-order valence-corrected chi connectivity index (χ0v) is 12.5. The summed E-state index contributed by atoms with van der Waals surface area (Å²) in [4.78, 5) is 23.8. The third-order valence-electron chi connectivity index (χ3n) is 3.08. The second-order valence-corrected chi connectivity index (χ2v) is 4.83. The van der Waals surface area contributed by atoms with Gasteiger partial charge in [-0.1, -0.05) is 12.1 Å². The van der Waals surface area contributed by atoms with Gasteiger partial charge in [0.15, 0.2) is 6.10 Å². The molecule has 1 amide bonds. The minimum absolute atomic E-state index is 0.332. The first-order valence-electron chi connectivity index (χ1n) is 6.88. The molecule has 0 aliphatic rings. The highest BCUT2D eigenvalue weighted by molar-refractivity contribution is 5.97. The van der Waals surface area contributed by atoms with Gasteiger partial charge in [-0.15, -0.1) is 0 Å². The van der Waals surface area contributed by atoms with E-state index in [9.17, 15) is 18.4 Å². The van der Waals surface area contributed by atoms with Crippen molar-refractivity contribution in [1.82, 2.24) is 0 Å². The van der Waals surface area contributed by atoms with E-state index in [1.165, 1.54) is 13.0 Å². The normalized spacial score (nSPS) is 11.2. The van der Waals surface area contributed by atoms with Crippen molar-refractivity contribution >= 4 is 17.6 Å². The van der Waals surface area contributed by atoms with Crippen LogP contribution >= 0.6 is 0 Å². The highest BCUT2D eigenvalue weighted by atomic mass is 19.1. The molecule has 1 atom stereocenters. The number of carbonyl (C=O) groups excluding carboxylic acids is 2. The lowest BCUT2D eigenvalue weighted by Crippen LogP contribution is -2.30. The molecular weight excluding hydrogens is 318 g/mol. The number of amides is 1. The highest BCUT2D eigenvalue weighted by Crippen LogP contribution is 2.15. The fourth-order valence-corrected chi connectivity index (χ4v) is 1.88. The molecule has 0 heterocycles. The van der Waals surface area contributed by atoms with Crippen LogP contribution in [0.15, 0.2) is 42.5 Å². The summed E-state index contributed by atoms with van der Waals surface area (Å²) in [5.74, 6) is -4.13. The third-order valence-corrected chi connectivity index (χ3v) is 3.08. The molecule has 0 aliphatic carbocycles. The first-order valence-corrected chi connectivity index (χ1v) is 6.88. The van der Waals surface area contributed by atoms with E-state index in [0.717, 1.165) is 18.2 Å². The van der Waals surface area contributed by atoms with Crippen molar-refractivity contribution in [2.24, 2.45) is 0 Å². The van der Waals surface area contributed by atoms with Crippen LogP contribution in [0.5, 0.6) is 0 Å². The fraction of sp³-hybridized carbons (Fsp3) is 0.118. The van der Waals surface area contributed by atoms with Crippen molar-refractivity contribution < 1.29 is 23.1 Å². The van der Waals surface area contributed by atoms with Crippen molar-refractivity contribution in [2.75, 3.05) is 5.32 Å². The van der Waals surface area contributed by atoms with Crippen LogP contribution in [0.3, 0.4) is 0 Å². The molecule has 122 valence electrons. The molecule has 0 spiro atoms. The summed E-state index contributed by atoms with van der Waals surface area (Å²) in [5.41, 5.74) is -0.187. The highest BCUT2D eigenvalue weighted by Gasteiger charge is 2.24. The van der Waals surface area contributed by atoms with Gasteiger partial charge in [-0.05, 0) is 37.3 Å². The fourth-order valence-electron chi connectivity index (χ4n) is 1.88. The molecule has 0 fully saturated rings. The Labute approximate surface area is 136 Å². The van der Waals surface area contributed by atoms with Crippen LogP contribution in [-0.4, -0.2) is 18.0 Å². The molecule has 0 radical (unpaired) electrons. The number of rotatable bonds is 4. The molecule has 24 heavy (non-hydrogen) atoms. The van der Waals surface area contributed by atoms with E-state index in [1.807, 2.05) is 6.07 Å². The Hall–Kier alpha value is -3.27. The summed E-state index contributed by atoms with van der Waals surface area (Å²) in [7, 11) is 0. The van der Waals surface area contributed by atoms with Crippen LogP contribution in [0.4, 0.5) is 14.5 Å². The molecule has 0 aromatic heterocycles. The van der Waals surface area contributed by atoms with Gasteiger partial charge in [0.2, 0.25) is 0 Å². The number of nitriles is 1. The summed E-state index contributed by atoms with van der Waals surface area (Å²) in [5, 5.41) is 11.2. The maximum atomic E-state index is 13.5. The number of hydrogen-bond acceptors (Lipinski definition) is 4. The lowest BCUT2D eigenvalue weighted by atomic mass is 10.2. The van der Waals surface area contributed by atoms with Gasteiger partial charge in [-0.25, -0.2) is 13.6 Å². The average Bonchev–Trinajstić information content (AvgIpc) is 2.54. The van der Waals surface area contributed by atoms with E-state index < -0.39 is 35.2 Å². The number of benzene rings is 2. The number of anilines is 1. The molecule has 5 nitrogen and oxygen atoms in total. The lowest BCUT2D eigenvalue weighted by molar-refractivity contribution is -0.123. The Morgan fingerprint density at radius 2 is 1.79 bits per heavy atom. The number of halogens is 2. The first-order chi connectivity index (χ1) is 11.4. The van der Waals surface area contributed by atoms with E-state index in [-0.39, 0.29) is 0 Å². The average molecular weight is 330 g/mol. The molecule has 0 aliphatic heterocycles. The van der Waals surface area contributed by atoms with Crippen LogP contribution in [0.1, 0.15) is 22.8 Å². The molecule has 0 saturated heterocycles. The smallest absolute Gasteiger partial charge is 0.344 e. The quantitative estimate of drug-likeness (QED) is 0.874. The van der Waals surface area contributed by atoms with Crippen molar-refractivity contribution in [2.45, 2.75) is 13.0 Å². The maximum Gasteiger partial charge on any atom is 0.344 e. The predicted molar refractivity (Wildman–Crippen MR) is 81.0 cm³/mol. The second kappa shape index (κ2) is 7.33. The van der Waals surface area contributed by atoms with E-state index in [0.29, 0.717) is 11.3 Å². The Morgan fingerprint density at radius 1 is 1.17 bits per heavy atom. The van der Waals surface area contributed by atoms with Gasteiger partial charge in [0, 0.05) is 5.69 Å². The minimum Gasteiger partial charge on any atom is -0.449 e. The van der Waals surface area contributed by atoms with Crippen molar-refractivity contribution in [1.29, 1.82) is 5.26 Å². The molecule has 0 bridgehead atoms. The molecule has 7 heteroatoms. The van der Waals surface area contributed by atoms with E-state index in [1.54, 1.807) is 18.2 Å². The Morgan fingerprint density at radius 3 is 2.42 bits per heavy atom. The van der Waals surface area contributed by atoms with Gasteiger partial charge in [0.05, 0.1) is 11.6 Å². The largest absolute Gasteiger partial charge is 0.449 e. The molecule has 0 saturated carbocycles. The lowest BCUT2D eigenvalue weighted by Gasteiger charge is -2.14. The number of hydrogen-bond donors (Lipinski definition) is 1. The summed E-state index contributed by atoms with van der Waals surface area (Å²) < 4.78 is 31.8. The Kier molecular flexibility index (Phi) is 5.22. The van der Waals surface area contributed by atoms with Crippen molar-refractivity contribution in [3.05, 3.63) is 65.2 Å². The van der Waals surface area contributed by atoms with Crippen LogP contribution in [0.2, 0.25) is 0 Å². The Bertz CT molecular complexity index is 811. The number of nitrogens with zero attached hydrogens (tertiary/aromatic N) is 1. The van der Waals surface area contributed by atoms with Gasteiger partial charge in [-0.3, -0.25) is 4.79 Å². The van der Waals surface area contributed by atoms with E-state index >= 15 is 0 Å². The molecular formula is C17H12F2N2O3. The number of esters is 1. The number of carbonyl (C=O) groups is 2. The van der Waals surface area contributed by atoms with E-state index in [2.05, 4.69) is 5.32 Å². The molecule has 2 rings (SSSR count). The van der Waals surface area contributed by atoms with Gasteiger partial charge >= 0.3 is 5.97 Å². The number of nitrogens with one attached hydrogen (secondary N) is 1. The SMILES string of the molecule is C[C@H](OC(=O)c1c(F)cccc1F)C(=O)Nc1cccc(C#N)c1. The topological polar surface area (TPSA) is 79.2 Å². The summed E-state index contributed by atoms with van der Waals surface area (Å²) in [6.45, 7) is 1.26. The first kappa shape index (κ1) is 17.1. The Balaban J connectivity index is 2.06. The summed E-state index contributed by atoms with van der Waals surface area (Å²) >= 11 is 0. The number of ether oxygens (including phenoxy) is 1. The minimum atomic E-state index is -1.29. The van der Waals surface area contributed by atoms with Gasteiger partial charge in [-0.2, -0.15) is 5.26 Å². The zero-order chi connectivity index (χ0) is 17.7. The molecule has 0 unspecified atom stereocenters. The van der Waals surface area contributed by atoms with Gasteiger partial charge in [0.25, 0.3) is 5.91 Å². The standard InChI is InChI=1S/C17H12F2N2O3/c1-10(16(22)21-12-5-2-4-11(8-12)9-20)24-17(23)15-13(18)6-3-7-14(15)19/h2-8,10H,1H3,(H,21,22)/t10-/m0/s1. The zero-order valence-electron chi connectivity index (χ0n) is 12.5. The maximum absolute atomic E-state index is 13.5. The second-order valence-electron chi connectivity index (χ2n) is 4.83. The molecule has 2 aromatic carbocycles. The predicted octanol–water partition coefficient (Wildman–Crippen LogP) is 3.02. The van der Waals surface area contributed by atoms with Gasteiger partial charge < -0.3 is 10.1 Å². The molecule has 1 N–H and O–H groups in total. The van der Waals surface area contributed by atoms with Crippen LogP contribution < -0.4 is 5.32 Å². The summed E-state index contributed by atoms with van der Waals surface area (Å²) in [6, 6.07) is 11.0. The monoisotopic (exact) mass is 330 g/mol. The van der Waals surface area contributed by atoms with Crippen LogP contribution in [0.25, 0.3) is 0 Å². The van der Waals surface area contributed by atoms with Crippen LogP contribution in [0, 0.1) is 23.0 Å². The van der Waals surface area contributed by atoms with Crippen molar-refractivity contribution in [3.8, 4) is 6.07 Å². The van der Waals surface area contributed by atoms with E-state index in [4.69, 9.17) is 10.00 Å². The van der Waals surface area contributed by atoms with Crippen molar-refractivity contribution in [3.63, 3.8) is 0 Å². The summed E-state index contributed by atoms with van der Waals surface area (Å²) in [6.07, 6.45) is -1.29. The van der Waals surface area contributed by atoms with Crippen LogP contribution in [-0.2, 0) is 9.53 Å². The third kappa shape index (κ3) is 3.93. The van der Waals surface area contributed by atoms with Gasteiger partial charge in [0.1, 0.15) is 17.2 Å². The molecule has 2 aromatic rings.